The monoisotopic (exact) mass is 247 g/mol. The first-order valence-corrected chi connectivity index (χ1v) is 7.17. The zero-order valence-corrected chi connectivity index (χ0v) is 11.5. The van der Waals surface area contributed by atoms with Crippen LogP contribution in [0.3, 0.4) is 0 Å². The van der Waals surface area contributed by atoms with Gasteiger partial charge in [-0.25, -0.2) is 0 Å². The minimum absolute atomic E-state index is 0.474. The van der Waals surface area contributed by atoms with Crippen LogP contribution in [0.2, 0.25) is 0 Å². The van der Waals surface area contributed by atoms with Crippen molar-refractivity contribution in [2.24, 2.45) is 5.41 Å². The van der Waals surface area contributed by atoms with Gasteiger partial charge < -0.3 is 10.1 Å². The molecule has 0 spiro atoms. The molecule has 0 heterocycles. The van der Waals surface area contributed by atoms with Crippen molar-refractivity contribution in [3.63, 3.8) is 0 Å². The average Bonchev–Trinajstić information content (AvgIpc) is 2.41. The van der Waals surface area contributed by atoms with Crippen molar-refractivity contribution < 1.29 is 4.74 Å². The Hall–Kier alpha value is -1.02. The van der Waals surface area contributed by atoms with E-state index in [1.807, 2.05) is 30.3 Å². The first-order valence-electron chi connectivity index (χ1n) is 7.17. The maximum Gasteiger partial charge on any atom is 0.119 e. The molecule has 1 N–H and O–H groups in total. The summed E-state index contributed by atoms with van der Waals surface area (Å²) in [4.78, 5) is 0. The lowest BCUT2D eigenvalue weighted by molar-refractivity contribution is 0.136. The molecular weight excluding hydrogens is 222 g/mol. The van der Waals surface area contributed by atoms with E-state index in [4.69, 9.17) is 4.74 Å². The molecule has 2 nitrogen and oxygen atoms in total. The molecule has 18 heavy (non-hydrogen) atoms. The molecule has 0 unspecified atom stereocenters. The lowest BCUT2D eigenvalue weighted by atomic mass is 9.72. The molecule has 1 aliphatic rings. The molecule has 0 atom stereocenters. The Morgan fingerprint density at radius 1 is 1.11 bits per heavy atom. The number of hydrogen-bond donors (Lipinski definition) is 1. The second-order valence-corrected chi connectivity index (χ2v) is 5.50. The third kappa shape index (κ3) is 3.74. The van der Waals surface area contributed by atoms with E-state index in [2.05, 4.69) is 12.4 Å². The molecule has 0 amide bonds. The largest absolute Gasteiger partial charge is 0.494 e. The van der Waals surface area contributed by atoms with Crippen molar-refractivity contribution >= 4 is 0 Å². The quantitative estimate of drug-likeness (QED) is 0.829. The van der Waals surface area contributed by atoms with Crippen LogP contribution < -0.4 is 10.1 Å². The summed E-state index contributed by atoms with van der Waals surface area (Å²) in [7, 11) is 2.06. The maximum atomic E-state index is 5.85. The molecule has 1 aliphatic carbocycles. The molecule has 0 saturated heterocycles. The van der Waals surface area contributed by atoms with E-state index < -0.39 is 0 Å². The summed E-state index contributed by atoms with van der Waals surface area (Å²) in [6, 6.07) is 10.1. The van der Waals surface area contributed by atoms with Crippen molar-refractivity contribution in [2.45, 2.75) is 38.5 Å². The first-order chi connectivity index (χ1) is 8.85. The smallest absolute Gasteiger partial charge is 0.119 e. The summed E-state index contributed by atoms with van der Waals surface area (Å²) in [5.74, 6) is 0.993. The molecule has 2 rings (SSSR count). The van der Waals surface area contributed by atoms with Crippen molar-refractivity contribution in [2.75, 3.05) is 20.2 Å². The van der Waals surface area contributed by atoms with Crippen LogP contribution in [0.4, 0.5) is 0 Å². The fourth-order valence-electron chi connectivity index (χ4n) is 3.09. The number of rotatable bonds is 6. The Morgan fingerprint density at radius 2 is 1.83 bits per heavy atom. The van der Waals surface area contributed by atoms with Crippen molar-refractivity contribution in [1.82, 2.24) is 5.32 Å². The Labute approximate surface area is 111 Å². The van der Waals surface area contributed by atoms with Gasteiger partial charge in [-0.2, -0.15) is 0 Å². The van der Waals surface area contributed by atoms with E-state index in [9.17, 15) is 0 Å². The fraction of sp³-hybridized carbons (Fsp3) is 0.625. The highest BCUT2D eigenvalue weighted by Crippen LogP contribution is 2.38. The normalized spacial score (nSPS) is 18.5. The number of nitrogens with one attached hydrogen (secondary N) is 1. The second kappa shape index (κ2) is 6.79. The van der Waals surface area contributed by atoms with E-state index in [0.717, 1.165) is 18.9 Å². The zero-order valence-electron chi connectivity index (χ0n) is 11.5. The van der Waals surface area contributed by atoms with Crippen LogP contribution in [0.5, 0.6) is 5.75 Å². The molecule has 100 valence electrons. The summed E-state index contributed by atoms with van der Waals surface area (Å²) in [6.45, 7) is 1.97. The number of benzene rings is 1. The molecule has 1 saturated carbocycles. The average molecular weight is 247 g/mol. The molecule has 0 aliphatic heterocycles. The number of para-hydroxylation sites is 1. The van der Waals surface area contributed by atoms with Crippen LogP contribution in [0.15, 0.2) is 30.3 Å². The highest BCUT2D eigenvalue weighted by molar-refractivity contribution is 5.20. The van der Waals surface area contributed by atoms with Gasteiger partial charge in [-0.3, -0.25) is 0 Å². The van der Waals surface area contributed by atoms with Crippen LogP contribution in [-0.4, -0.2) is 20.2 Å². The standard InChI is InChI=1S/C16H25NO/c1-17-14-16(10-6-3-7-11-16)12-13-18-15-8-4-2-5-9-15/h2,4-5,8-9,17H,3,6-7,10-14H2,1H3. The van der Waals surface area contributed by atoms with Gasteiger partial charge in [0, 0.05) is 6.54 Å². The SMILES string of the molecule is CNCC1(CCOc2ccccc2)CCCCC1. The third-order valence-electron chi connectivity index (χ3n) is 4.11. The van der Waals surface area contributed by atoms with Gasteiger partial charge in [-0.15, -0.1) is 0 Å². The molecule has 1 aromatic rings. The van der Waals surface area contributed by atoms with Crippen LogP contribution in [0.25, 0.3) is 0 Å². The Kier molecular flexibility index (Phi) is 5.06. The number of ether oxygens (including phenoxy) is 1. The molecule has 0 aromatic heterocycles. The Bertz CT molecular complexity index is 325. The van der Waals surface area contributed by atoms with Gasteiger partial charge in [0.25, 0.3) is 0 Å². The molecule has 0 bridgehead atoms. The topological polar surface area (TPSA) is 21.3 Å². The summed E-state index contributed by atoms with van der Waals surface area (Å²) in [6.07, 6.45) is 8.05. The van der Waals surface area contributed by atoms with E-state index in [-0.39, 0.29) is 0 Å². The second-order valence-electron chi connectivity index (χ2n) is 5.50. The third-order valence-corrected chi connectivity index (χ3v) is 4.11. The van der Waals surface area contributed by atoms with E-state index in [1.165, 1.54) is 38.5 Å². The van der Waals surface area contributed by atoms with E-state index in [1.54, 1.807) is 0 Å². The number of hydrogen-bond acceptors (Lipinski definition) is 2. The summed E-state index contributed by atoms with van der Waals surface area (Å²) in [5.41, 5.74) is 0.474. The van der Waals surface area contributed by atoms with Crippen LogP contribution >= 0.6 is 0 Å². The fourth-order valence-corrected chi connectivity index (χ4v) is 3.09. The zero-order chi connectivity index (χ0) is 12.7. The van der Waals surface area contributed by atoms with E-state index in [0.29, 0.717) is 5.41 Å². The highest BCUT2D eigenvalue weighted by atomic mass is 16.5. The minimum Gasteiger partial charge on any atom is -0.494 e. The Balaban J connectivity index is 1.82. The van der Waals surface area contributed by atoms with Gasteiger partial charge in [-0.05, 0) is 43.9 Å². The lowest BCUT2D eigenvalue weighted by Crippen LogP contribution is -2.36. The van der Waals surface area contributed by atoms with Crippen LogP contribution in [0.1, 0.15) is 38.5 Å². The maximum absolute atomic E-state index is 5.85. The van der Waals surface area contributed by atoms with Gasteiger partial charge in [-0.1, -0.05) is 37.5 Å². The first kappa shape index (κ1) is 13.4. The van der Waals surface area contributed by atoms with Gasteiger partial charge >= 0.3 is 0 Å². The van der Waals surface area contributed by atoms with Gasteiger partial charge in [0.15, 0.2) is 0 Å². The van der Waals surface area contributed by atoms with Gasteiger partial charge in [0.2, 0.25) is 0 Å². The molecule has 1 aromatic carbocycles. The predicted molar refractivity (Wildman–Crippen MR) is 76.0 cm³/mol. The molecule has 0 radical (unpaired) electrons. The molecule has 2 heteroatoms. The minimum atomic E-state index is 0.474. The van der Waals surface area contributed by atoms with E-state index >= 15 is 0 Å². The summed E-state index contributed by atoms with van der Waals surface area (Å²) in [5, 5.41) is 3.37. The van der Waals surface area contributed by atoms with Crippen LogP contribution in [0, 0.1) is 5.41 Å². The highest BCUT2D eigenvalue weighted by Gasteiger charge is 2.31. The van der Waals surface area contributed by atoms with Gasteiger partial charge in [0.05, 0.1) is 6.61 Å². The Morgan fingerprint density at radius 3 is 2.50 bits per heavy atom. The summed E-state index contributed by atoms with van der Waals surface area (Å²) < 4.78 is 5.85. The molecule has 1 fully saturated rings. The van der Waals surface area contributed by atoms with Crippen LogP contribution in [-0.2, 0) is 0 Å². The van der Waals surface area contributed by atoms with Gasteiger partial charge in [0.1, 0.15) is 5.75 Å². The van der Waals surface area contributed by atoms with Crippen molar-refractivity contribution in [3.05, 3.63) is 30.3 Å². The van der Waals surface area contributed by atoms with Crippen molar-refractivity contribution in [3.8, 4) is 5.75 Å². The predicted octanol–water partition coefficient (Wildman–Crippen LogP) is 3.63. The molecular formula is C16H25NO. The summed E-state index contributed by atoms with van der Waals surface area (Å²) >= 11 is 0. The lowest BCUT2D eigenvalue weighted by Gasteiger charge is -2.37. The van der Waals surface area contributed by atoms with Crippen molar-refractivity contribution in [1.29, 1.82) is 0 Å².